The fourth-order valence-corrected chi connectivity index (χ4v) is 7.58. The van der Waals surface area contributed by atoms with Crippen molar-refractivity contribution in [2.75, 3.05) is 152 Å². The zero-order valence-corrected chi connectivity index (χ0v) is 50.4. The number of rotatable bonds is 54. The first-order chi connectivity index (χ1) is 40.3. The number of hydrogen-bond donors (Lipinski definition) is 5. The van der Waals surface area contributed by atoms with Crippen molar-refractivity contribution in [3.8, 4) is 0 Å². The zero-order chi connectivity index (χ0) is 60.1. The van der Waals surface area contributed by atoms with Gasteiger partial charge < -0.3 is 83.4 Å². The van der Waals surface area contributed by atoms with Crippen LogP contribution in [-0.4, -0.2) is 207 Å². The molecule has 1 atom stereocenters. The topological polar surface area (TPSA) is 290 Å². The van der Waals surface area contributed by atoms with Gasteiger partial charge >= 0.3 is 18.0 Å². The number of alkyl carbamates (subject to hydrolysis) is 1. The third kappa shape index (κ3) is 47.4. The molecule has 0 aliphatic heterocycles. The van der Waals surface area contributed by atoms with Gasteiger partial charge in [0.15, 0.2) is 0 Å². The molecule has 0 bridgehead atoms. The molecule has 5 N–H and O–H groups in total. The second-order valence-corrected chi connectivity index (χ2v) is 25.5. The van der Waals surface area contributed by atoms with E-state index in [9.17, 15) is 33.6 Å². The third-order valence-corrected chi connectivity index (χ3v) is 13.2. The molecule has 0 saturated heterocycles. The highest BCUT2D eigenvalue weighted by molar-refractivity contribution is 6.76. The Morgan fingerprint density at radius 1 is 0.386 bits per heavy atom. The lowest BCUT2D eigenvalue weighted by atomic mass is 10.1. The maximum Gasteiger partial charge on any atom is 0.408 e. The molecule has 0 saturated carbocycles. The van der Waals surface area contributed by atoms with Gasteiger partial charge in [-0.05, 0) is 42.9 Å². The number of esters is 2. The summed E-state index contributed by atoms with van der Waals surface area (Å²) in [6.45, 7) is 14.5. The van der Waals surface area contributed by atoms with Crippen LogP contribution >= 0.6 is 0 Å². The van der Waals surface area contributed by atoms with Crippen molar-refractivity contribution in [1.29, 1.82) is 0 Å². The molecule has 5 amide bonds. The Kier molecular flexibility index (Phi) is 45.0. The summed E-state index contributed by atoms with van der Waals surface area (Å²) in [6.07, 6.45) is 2.03. The first-order valence-corrected chi connectivity index (χ1v) is 32.6. The fraction of sp³-hybridized carbons (Fsp3) is 0.672. The SMILES string of the molecule is C[Si](C)(C)CCOC(=O)CCCNC(=O)C(CCCCNC(=O)CCOCCOCCOCCNC(=O)CCOCCOCCOCCC(=O)NCCOCCOCCOCCC(=O)OCc1ccccc1)NC(=O)OCc1ccccc1. The summed E-state index contributed by atoms with van der Waals surface area (Å²) in [5, 5.41) is 13.8. The number of nitrogens with one attached hydrogen (secondary N) is 5. The number of amides is 5. The molecule has 0 fully saturated rings. The van der Waals surface area contributed by atoms with Gasteiger partial charge in [-0.1, -0.05) is 80.3 Å². The highest BCUT2D eigenvalue weighted by Crippen LogP contribution is 2.09. The Morgan fingerprint density at radius 3 is 1.23 bits per heavy atom. The fourth-order valence-electron chi connectivity index (χ4n) is 6.86. The summed E-state index contributed by atoms with van der Waals surface area (Å²) in [6, 6.07) is 18.7. The van der Waals surface area contributed by atoms with Crippen LogP contribution < -0.4 is 26.6 Å². The summed E-state index contributed by atoms with van der Waals surface area (Å²) < 4.78 is 65.0. The summed E-state index contributed by atoms with van der Waals surface area (Å²) >= 11 is 0. The predicted octanol–water partition coefficient (Wildman–Crippen LogP) is 4.03. The molecule has 470 valence electrons. The van der Waals surface area contributed by atoms with Crippen molar-refractivity contribution < 1.29 is 90.4 Å². The van der Waals surface area contributed by atoms with Crippen molar-refractivity contribution in [2.45, 2.75) is 103 Å². The van der Waals surface area contributed by atoms with E-state index >= 15 is 0 Å². The van der Waals surface area contributed by atoms with E-state index in [1.165, 1.54) is 0 Å². The minimum absolute atomic E-state index is 0.0520. The minimum Gasteiger partial charge on any atom is -0.466 e. The first kappa shape index (κ1) is 73.5. The molecule has 2 rings (SSSR count). The lowest BCUT2D eigenvalue weighted by Gasteiger charge is -2.18. The quantitative estimate of drug-likeness (QED) is 0.0270. The molecule has 0 aliphatic rings. The van der Waals surface area contributed by atoms with E-state index in [0.717, 1.165) is 17.2 Å². The molecular weight excluding hydrogens is 1100 g/mol. The van der Waals surface area contributed by atoms with Crippen LogP contribution in [0, 0.1) is 0 Å². The predicted molar refractivity (Wildman–Crippen MR) is 310 cm³/mol. The van der Waals surface area contributed by atoms with Crippen LogP contribution in [0.1, 0.15) is 68.9 Å². The monoisotopic (exact) mass is 1190 g/mol. The van der Waals surface area contributed by atoms with E-state index in [0.29, 0.717) is 144 Å². The van der Waals surface area contributed by atoms with E-state index in [-0.39, 0.29) is 114 Å². The highest BCUT2D eigenvalue weighted by atomic mass is 28.3. The van der Waals surface area contributed by atoms with Crippen LogP contribution in [0.2, 0.25) is 25.7 Å². The third-order valence-electron chi connectivity index (χ3n) is 11.5. The number of carbonyl (C=O) groups excluding carboxylic acids is 7. The molecule has 2 aromatic carbocycles. The Morgan fingerprint density at radius 2 is 0.771 bits per heavy atom. The molecule has 0 spiro atoms. The van der Waals surface area contributed by atoms with Crippen molar-refractivity contribution in [1.82, 2.24) is 26.6 Å². The number of unbranched alkanes of at least 4 members (excludes halogenated alkanes) is 1. The van der Waals surface area contributed by atoms with Gasteiger partial charge in [-0.3, -0.25) is 28.8 Å². The smallest absolute Gasteiger partial charge is 0.408 e. The van der Waals surface area contributed by atoms with Gasteiger partial charge in [0.25, 0.3) is 0 Å². The van der Waals surface area contributed by atoms with Gasteiger partial charge in [0.1, 0.15) is 19.3 Å². The molecule has 0 heterocycles. The Labute approximate surface area is 491 Å². The van der Waals surface area contributed by atoms with Gasteiger partial charge in [0.05, 0.1) is 132 Å². The van der Waals surface area contributed by atoms with E-state index in [1.807, 2.05) is 60.7 Å². The molecule has 25 heteroatoms. The average molecular weight is 1190 g/mol. The Hall–Kier alpha value is -5.61. The van der Waals surface area contributed by atoms with Crippen LogP contribution in [0.5, 0.6) is 0 Å². The van der Waals surface area contributed by atoms with Gasteiger partial charge in [-0.25, -0.2) is 4.79 Å². The zero-order valence-electron chi connectivity index (χ0n) is 49.4. The molecular formula is C58H95N5O19Si. The van der Waals surface area contributed by atoms with Gasteiger partial charge in [0.2, 0.25) is 23.6 Å². The summed E-state index contributed by atoms with van der Waals surface area (Å²) in [7, 11) is -1.31. The largest absolute Gasteiger partial charge is 0.466 e. The number of benzene rings is 2. The molecule has 83 heavy (non-hydrogen) atoms. The van der Waals surface area contributed by atoms with E-state index < -0.39 is 20.2 Å². The first-order valence-electron chi connectivity index (χ1n) is 28.9. The maximum atomic E-state index is 13.1. The van der Waals surface area contributed by atoms with Gasteiger partial charge in [0, 0.05) is 59.9 Å². The second-order valence-electron chi connectivity index (χ2n) is 19.9. The number of ether oxygens (including phenoxy) is 12. The lowest BCUT2D eigenvalue weighted by molar-refractivity contribution is -0.146. The molecule has 0 aliphatic carbocycles. The average Bonchev–Trinajstić information content (AvgIpc) is 3.47. The van der Waals surface area contributed by atoms with Crippen LogP contribution in [0.4, 0.5) is 4.79 Å². The lowest BCUT2D eigenvalue weighted by Crippen LogP contribution is -2.47. The van der Waals surface area contributed by atoms with E-state index in [4.69, 9.17) is 56.8 Å². The Balaban J connectivity index is 1.32. The Bertz CT molecular complexity index is 2010. The van der Waals surface area contributed by atoms with E-state index in [1.54, 1.807) is 0 Å². The standard InChI is InChI=1S/C58H95N5O19Si/c1-83(2,3)46-45-80-55(67)18-12-24-62-57(69)51(63-58(70)82-48-50-15-8-5-9-16-50)17-10-11-23-59-52(64)19-27-71-35-41-78-43-37-75-31-25-60-53(65)20-28-72-33-39-77-40-34-73-29-21-54(66)61-26-32-76-38-44-79-42-36-74-30-22-56(68)81-47-49-13-6-4-7-14-49/h4-9,13-16,51H,10-12,17-48H2,1-3H3,(H,59,64)(H,60,65)(H,61,66)(H,62,69)(H,63,70). The van der Waals surface area contributed by atoms with Gasteiger partial charge in [-0.2, -0.15) is 0 Å². The van der Waals surface area contributed by atoms with E-state index in [2.05, 4.69) is 46.2 Å². The molecule has 1 unspecified atom stereocenters. The summed E-state index contributed by atoms with van der Waals surface area (Å²) in [5.41, 5.74) is 1.74. The number of hydrogen-bond acceptors (Lipinski definition) is 19. The van der Waals surface area contributed by atoms with Crippen molar-refractivity contribution in [3.63, 3.8) is 0 Å². The maximum absolute atomic E-state index is 13.1. The molecule has 24 nitrogen and oxygen atoms in total. The highest BCUT2D eigenvalue weighted by Gasteiger charge is 2.22. The summed E-state index contributed by atoms with van der Waals surface area (Å²) in [5.74, 6) is -1.48. The van der Waals surface area contributed by atoms with Gasteiger partial charge in [-0.15, -0.1) is 0 Å². The second kappa shape index (κ2) is 50.9. The summed E-state index contributed by atoms with van der Waals surface area (Å²) in [4.78, 5) is 86.0. The van der Waals surface area contributed by atoms with Crippen LogP contribution in [-0.2, 0) is 98.8 Å². The molecule has 0 radical (unpaired) electrons. The molecule has 0 aromatic heterocycles. The molecule has 2 aromatic rings. The normalized spacial score (nSPS) is 11.6. The van der Waals surface area contributed by atoms with Crippen molar-refractivity contribution in [2.24, 2.45) is 0 Å². The van der Waals surface area contributed by atoms with Crippen LogP contribution in [0.25, 0.3) is 0 Å². The minimum atomic E-state index is -1.31. The van der Waals surface area contributed by atoms with Crippen molar-refractivity contribution >= 4 is 49.7 Å². The van der Waals surface area contributed by atoms with Crippen molar-refractivity contribution in [3.05, 3.63) is 71.8 Å². The van der Waals surface area contributed by atoms with Crippen LogP contribution in [0.15, 0.2) is 60.7 Å². The number of carbonyl (C=O) groups is 7. The van der Waals surface area contributed by atoms with Crippen LogP contribution in [0.3, 0.4) is 0 Å².